The number of rotatable bonds is 3. The predicted octanol–water partition coefficient (Wildman–Crippen LogP) is 1.46. The molecule has 0 aliphatic carbocycles. The van der Waals surface area contributed by atoms with Gasteiger partial charge in [0, 0.05) is 26.2 Å². The number of hydrogen-bond acceptors (Lipinski definition) is 3. The first-order valence-corrected chi connectivity index (χ1v) is 8.72. The number of piperidine rings is 1. The fourth-order valence-electron chi connectivity index (χ4n) is 2.54. The van der Waals surface area contributed by atoms with Crippen LogP contribution in [0.1, 0.15) is 23.2 Å². The quantitative estimate of drug-likeness (QED) is 0.842. The molecule has 1 aromatic rings. The highest BCUT2D eigenvalue weighted by Crippen LogP contribution is 2.20. The second-order valence-electron chi connectivity index (χ2n) is 5.43. The summed E-state index contributed by atoms with van der Waals surface area (Å²) < 4.78 is 51.1. The molecule has 1 saturated heterocycles. The molecule has 0 aromatic heterocycles. The van der Waals surface area contributed by atoms with Gasteiger partial charge in [-0.2, -0.15) is 0 Å². The SMILES string of the molecule is CN(C1CCN(C(=O)c2cc(F)ccc2F)CC1)S(C)(=O)=O. The minimum absolute atomic E-state index is 0.184. The molecule has 0 N–H and O–H groups in total. The first kappa shape index (κ1) is 16.8. The first-order chi connectivity index (χ1) is 10.2. The molecule has 8 heteroatoms. The maximum atomic E-state index is 13.6. The minimum atomic E-state index is -3.28. The van der Waals surface area contributed by atoms with Crippen molar-refractivity contribution in [1.29, 1.82) is 0 Å². The molecule has 22 heavy (non-hydrogen) atoms. The Balaban J connectivity index is 2.05. The zero-order valence-electron chi connectivity index (χ0n) is 12.4. The van der Waals surface area contributed by atoms with Crippen molar-refractivity contribution in [2.24, 2.45) is 0 Å². The lowest BCUT2D eigenvalue weighted by molar-refractivity contribution is 0.0681. The fraction of sp³-hybridized carbons (Fsp3) is 0.500. The van der Waals surface area contributed by atoms with Gasteiger partial charge in [0.15, 0.2) is 0 Å². The van der Waals surface area contributed by atoms with Crippen LogP contribution in [-0.2, 0) is 10.0 Å². The van der Waals surface area contributed by atoms with Crippen LogP contribution in [0.4, 0.5) is 8.78 Å². The van der Waals surface area contributed by atoms with Crippen molar-refractivity contribution < 1.29 is 22.0 Å². The van der Waals surface area contributed by atoms with Gasteiger partial charge in [0.1, 0.15) is 11.6 Å². The molecular formula is C14H18F2N2O3S. The van der Waals surface area contributed by atoms with Crippen LogP contribution in [0.5, 0.6) is 0 Å². The average Bonchev–Trinajstić information content (AvgIpc) is 2.47. The van der Waals surface area contributed by atoms with E-state index in [1.165, 1.54) is 16.3 Å². The summed E-state index contributed by atoms with van der Waals surface area (Å²) >= 11 is 0. The Bertz CT molecular complexity index is 671. The normalized spacial score (nSPS) is 17.0. The van der Waals surface area contributed by atoms with E-state index in [2.05, 4.69) is 0 Å². The summed E-state index contributed by atoms with van der Waals surface area (Å²) in [5.74, 6) is -2.00. The number of carbonyl (C=O) groups is 1. The smallest absolute Gasteiger partial charge is 0.256 e. The zero-order valence-corrected chi connectivity index (χ0v) is 13.2. The molecule has 1 aliphatic heterocycles. The standard InChI is InChI=1S/C14H18F2N2O3S/c1-17(22(2,20)21)11-5-7-18(8-6-11)14(19)12-9-10(15)3-4-13(12)16/h3-4,9,11H,5-8H2,1-2H3. The highest BCUT2D eigenvalue weighted by molar-refractivity contribution is 7.88. The Labute approximate surface area is 128 Å². The molecule has 1 heterocycles. The molecular weight excluding hydrogens is 314 g/mol. The van der Waals surface area contributed by atoms with Crippen molar-refractivity contribution in [3.05, 3.63) is 35.4 Å². The monoisotopic (exact) mass is 332 g/mol. The van der Waals surface area contributed by atoms with E-state index in [0.29, 0.717) is 25.9 Å². The van der Waals surface area contributed by atoms with E-state index < -0.39 is 27.6 Å². The lowest BCUT2D eigenvalue weighted by atomic mass is 10.0. The molecule has 0 saturated carbocycles. The highest BCUT2D eigenvalue weighted by Gasteiger charge is 2.30. The van der Waals surface area contributed by atoms with Gasteiger partial charge < -0.3 is 4.90 Å². The summed E-state index contributed by atoms with van der Waals surface area (Å²) in [6.45, 7) is 0.610. The number of hydrogen-bond donors (Lipinski definition) is 0. The van der Waals surface area contributed by atoms with Crippen molar-refractivity contribution in [2.45, 2.75) is 18.9 Å². The number of likely N-dealkylation sites (tertiary alicyclic amines) is 1. The second kappa shape index (κ2) is 6.29. The molecule has 0 atom stereocenters. The number of amides is 1. The van der Waals surface area contributed by atoms with Gasteiger partial charge in [-0.25, -0.2) is 21.5 Å². The lowest BCUT2D eigenvalue weighted by Gasteiger charge is -2.35. The van der Waals surface area contributed by atoms with Crippen LogP contribution in [0.3, 0.4) is 0 Å². The summed E-state index contributed by atoms with van der Waals surface area (Å²) in [5, 5.41) is 0. The van der Waals surface area contributed by atoms with Gasteiger partial charge in [-0.1, -0.05) is 0 Å². The third-order valence-electron chi connectivity index (χ3n) is 3.95. The van der Waals surface area contributed by atoms with Gasteiger partial charge >= 0.3 is 0 Å². The van der Waals surface area contributed by atoms with E-state index >= 15 is 0 Å². The van der Waals surface area contributed by atoms with Gasteiger partial charge in [0.2, 0.25) is 10.0 Å². The Kier molecular flexibility index (Phi) is 4.81. The number of sulfonamides is 1. The van der Waals surface area contributed by atoms with E-state index in [4.69, 9.17) is 0 Å². The minimum Gasteiger partial charge on any atom is -0.338 e. The number of halogens is 2. The van der Waals surface area contributed by atoms with Gasteiger partial charge in [-0.05, 0) is 31.0 Å². The number of nitrogens with zero attached hydrogens (tertiary/aromatic N) is 2. The summed E-state index contributed by atoms with van der Waals surface area (Å²) in [7, 11) is -1.78. The summed E-state index contributed by atoms with van der Waals surface area (Å²) in [5.41, 5.74) is -0.296. The van der Waals surface area contributed by atoms with E-state index in [0.717, 1.165) is 24.5 Å². The Morgan fingerprint density at radius 1 is 1.27 bits per heavy atom. The van der Waals surface area contributed by atoms with E-state index in [-0.39, 0.29) is 11.6 Å². The van der Waals surface area contributed by atoms with Crippen LogP contribution in [0.2, 0.25) is 0 Å². The molecule has 0 bridgehead atoms. The van der Waals surface area contributed by atoms with Gasteiger partial charge in [-0.3, -0.25) is 4.79 Å². The van der Waals surface area contributed by atoms with Crippen molar-refractivity contribution in [1.82, 2.24) is 9.21 Å². The number of carbonyl (C=O) groups excluding carboxylic acids is 1. The molecule has 0 spiro atoms. The summed E-state index contributed by atoms with van der Waals surface area (Å²) in [4.78, 5) is 13.7. The third kappa shape index (κ3) is 3.61. The van der Waals surface area contributed by atoms with Crippen LogP contribution < -0.4 is 0 Å². The van der Waals surface area contributed by atoms with E-state index in [9.17, 15) is 22.0 Å². The molecule has 122 valence electrons. The topological polar surface area (TPSA) is 57.7 Å². The van der Waals surface area contributed by atoms with Gasteiger partial charge in [0.05, 0.1) is 11.8 Å². The van der Waals surface area contributed by atoms with Crippen molar-refractivity contribution in [3.8, 4) is 0 Å². The fourth-order valence-corrected chi connectivity index (χ4v) is 3.29. The van der Waals surface area contributed by atoms with Crippen LogP contribution in [-0.4, -0.2) is 56.0 Å². The third-order valence-corrected chi connectivity index (χ3v) is 5.29. The van der Waals surface area contributed by atoms with Crippen LogP contribution >= 0.6 is 0 Å². The van der Waals surface area contributed by atoms with Crippen molar-refractivity contribution in [3.63, 3.8) is 0 Å². The molecule has 1 amide bonds. The molecule has 0 radical (unpaired) electrons. The predicted molar refractivity (Wildman–Crippen MR) is 77.9 cm³/mol. The van der Waals surface area contributed by atoms with Crippen LogP contribution in [0, 0.1) is 11.6 Å². The Morgan fingerprint density at radius 2 is 1.86 bits per heavy atom. The first-order valence-electron chi connectivity index (χ1n) is 6.87. The Hall–Kier alpha value is -1.54. The van der Waals surface area contributed by atoms with Crippen LogP contribution in [0.25, 0.3) is 0 Å². The van der Waals surface area contributed by atoms with E-state index in [1.54, 1.807) is 0 Å². The lowest BCUT2D eigenvalue weighted by Crippen LogP contribution is -2.47. The largest absolute Gasteiger partial charge is 0.338 e. The molecule has 2 rings (SSSR count). The second-order valence-corrected chi connectivity index (χ2v) is 7.47. The maximum Gasteiger partial charge on any atom is 0.256 e. The van der Waals surface area contributed by atoms with Gasteiger partial charge in [-0.15, -0.1) is 0 Å². The molecule has 5 nitrogen and oxygen atoms in total. The van der Waals surface area contributed by atoms with Crippen LogP contribution in [0.15, 0.2) is 18.2 Å². The van der Waals surface area contributed by atoms with Gasteiger partial charge in [0.25, 0.3) is 5.91 Å². The van der Waals surface area contributed by atoms with E-state index in [1.807, 2.05) is 0 Å². The molecule has 1 aromatic carbocycles. The van der Waals surface area contributed by atoms with Crippen molar-refractivity contribution in [2.75, 3.05) is 26.4 Å². The van der Waals surface area contributed by atoms with Crippen molar-refractivity contribution >= 4 is 15.9 Å². The molecule has 1 fully saturated rings. The molecule has 1 aliphatic rings. The zero-order chi connectivity index (χ0) is 16.5. The Morgan fingerprint density at radius 3 is 2.41 bits per heavy atom. The summed E-state index contributed by atoms with van der Waals surface area (Å²) in [6, 6.07) is 2.58. The summed E-state index contributed by atoms with van der Waals surface area (Å²) in [6.07, 6.45) is 2.06. The average molecular weight is 332 g/mol. The number of benzene rings is 1. The highest BCUT2D eigenvalue weighted by atomic mass is 32.2. The molecule has 0 unspecified atom stereocenters. The maximum absolute atomic E-state index is 13.6.